The number of aromatic hydroxyl groups is 1. The van der Waals surface area contributed by atoms with Crippen LogP contribution in [0.3, 0.4) is 0 Å². The molecule has 0 aliphatic rings. The molecule has 0 aliphatic heterocycles. The van der Waals surface area contributed by atoms with Crippen LogP contribution in [0, 0.1) is 6.92 Å². The van der Waals surface area contributed by atoms with E-state index in [-0.39, 0.29) is 10.6 Å². The number of rotatable bonds is 6. The fourth-order valence-corrected chi connectivity index (χ4v) is 3.79. The summed E-state index contributed by atoms with van der Waals surface area (Å²) in [6.07, 6.45) is 0. The van der Waals surface area contributed by atoms with Gasteiger partial charge in [-0.15, -0.1) is 0 Å². The Morgan fingerprint density at radius 3 is 2.50 bits per heavy atom. The second-order valence-corrected chi connectivity index (χ2v) is 7.51. The molecule has 0 bridgehead atoms. The molecule has 3 rings (SSSR count). The molecule has 0 spiro atoms. The van der Waals surface area contributed by atoms with Crippen LogP contribution in [0.1, 0.15) is 11.1 Å². The number of phenols is 1. The number of hydrogen-bond acceptors (Lipinski definition) is 4. The number of aryl methyl sites for hydroxylation is 1. The molecule has 0 saturated carbocycles. The summed E-state index contributed by atoms with van der Waals surface area (Å²) in [4.78, 5) is 0.0353. The number of ether oxygens (including phenoxy) is 1. The van der Waals surface area contributed by atoms with Crippen molar-refractivity contribution in [1.82, 2.24) is 0 Å². The third-order valence-electron chi connectivity index (χ3n) is 3.80. The molecule has 0 aliphatic carbocycles. The van der Waals surface area contributed by atoms with Crippen LogP contribution in [0.15, 0.2) is 77.7 Å². The molecule has 0 atom stereocenters. The van der Waals surface area contributed by atoms with Crippen LogP contribution in [-0.4, -0.2) is 13.5 Å². The zero-order valence-electron chi connectivity index (χ0n) is 14.2. The van der Waals surface area contributed by atoms with Gasteiger partial charge in [-0.2, -0.15) is 0 Å². The molecule has 3 aromatic carbocycles. The number of sulfonamides is 1. The predicted octanol–water partition coefficient (Wildman–Crippen LogP) is 4.08. The maximum Gasteiger partial charge on any atom is 0.262 e. The van der Waals surface area contributed by atoms with Gasteiger partial charge in [0.05, 0.1) is 10.6 Å². The van der Waals surface area contributed by atoms with E-state index in [1.165, 1.54) is 12.1 Å². The lowest BCUT2D eigenvalue weighted by Gasteiger charge is -2.12. The topological polar surface area (TPSA) is 75.6 Å². The van der Waals surface area contributed by atoms with Crippen LogP contribution < -0.4 is 9.46 Å². The summed E-state index contributed by atoms with van der Waals surface area (Å²) in [6, 6.07) is 20.7. The summed E-state index contributed by atoms with van der Waals surface area (Å²) in [5, 5.41) is 9.58. The van der Waals surface area contributed by atoms with Gasteiger partial charge in [0.2, 0.25) is 0 Å². The van der Waals surface area contributed by atoms with Gasteiger partial charge in [0.1, 0.15) is 18.1 Å². The van der Waals surface area contributed by atoms with Crippen LogP contribution in [0.4, 0.5) is 5.69 Å². The van der Waals surface area contributed by atoms with Crippen molar-refractivity contribution in [3.63, 3.8) is 0 Å². The van der Waals surface area contributed by atoms with Gasteiger partial charge in [0.25, 0.3) is 10.0 Å². The maximum atomic E-state index is 12.6. The largest absolute Gasteiger partial charge is 0.508 e. The zero-order valence-corrected chi connectivity index (χ0v) is 15.0. The van der Waals surface area contributed by atoms with E-state index in [4.69, 9.17) is 4.74 Å². The van der Waals surface area contributed by atoms with E-state index in [2.05, 4.69) is 4.72 Å². The van der Waals surface area contributed by atoms with E-state index in [9.17, 15) is 13.5 Å². The molecule has 0 saturated heterocycles. The molecule has 5 nitrogen and oxygen atoms in total. The van der Waals surface area contributed by atoms with Crippen molar-refractivity contribution in [1.29, 1.82) is 0 Å². The van der Waals surface area contributed by atoms with Gasteiger partial charge in [0, 0.05) is 12.1 Å². The fraction of sp³-hybridized carbons (Fsp3) is 0.100. The van der Waals surface area contributed by atoms with Crippen molar-refractivity contribution in [2.45, 2.75) is 18.4 Å². The number of anilines is 1. The van der Waals surface area contributed by atoms with Gasteiger partial charge in [-0.3, -0.25) is 4.72 Å². The van der Waals surface area contributed by atoms with Gasteiger partial charge in [-0.1, -0.05) is 42.5 Å². The second-order valence-electron chi connectivity index (χ2n) is 5.86. The number of nitrogens with one attached hydrogen (secondary N) is 1. The van der Waals surface area contributed by atoms with E-state index in [0.717, 1.165) is 5.56 Å². The Kier molecular flexibility index (Phi) is 5.14. The third kappa shape index (κ3) is 4.34. The first kappa shape index (κ1) is 17.8. The molecule has 0 unspecified atom stereocenters. The molecule has 0 aromatic heterocycles. The van der Waals surface area contributed by atoms with Crippen molar-refractivity contribution >= 4 is 15.7 Å². The van der Waals surface area contributed by atoms with Crippen molar-refractivity contribution in [3.05, 3.63) is 83.9 Å². The standard InChI is InChI=1S/C20H19NO4S/c1-15-10-11-18(22)13-20(15)26(23,24)21-17-8-5-9-19(12-17)25-14-16-6-3-2-4-7-16/h2-13,21-22H,14H2,1H3. The summed E-state index contributed by atoms with van der Waals surface area (Å²) in [7, 11) is -3.82. The highest BCUT2D eigenvalue weighted by Gasteiger charge is 2.18. The molecule has 0 amide bonds. The first-order valence-electron chi connectivity index (χ1n) is 8.03. The Morgan fingerprint density at radius 2 is 1.73 bits per heavy atom. The highest BCUT2D eigenvalue weighted by atomic mass is 32.2. The predicted molar refractivity (Wildman–Crippen MR) is 101 cm³/mol. The van der Waals surface area contributed by atoms with Gasteiger partial charge >= 0.3 is 0 Å². The minimum Gasteiger partial charge on any atom is -0.508 e. The average molecular weight is 369 g/mol. The second kappa shape index (κ2) is 7.49. The summed E-state index contributed by atoms with van der Waals surface area (Å²) >= 11 is 0. The summed E-state index contributed by atoms with van der Waals surface area (Å²) in [6.45, 7) is 2.07. The summed E-state index contributed by atoms with van der Waals surface area (Å²) < 4.78 is 33.4. The normalized spacial score (nSPS) is 11.1. The van der Waals surface area contributed by atoms with Gasteiger partial charge in [-0.25, -0.2) is 8.42 Å². The smallest absolute Gasteiger partial charge is 0.262 e. The fourth-order valence-electron chi connectivity index (χ4n) is 2.48. The maximum absolute atomic E-state index is 12.6. The van der Waals surface area contributed by atoms with Crippen molar-refractivity contribution in [2.75, 3.05) is 4.72 Å². The number of benzene rings is 3. The monoisotopic (exact) mass is 369 g/mol. The Labute approximate surface area is 152 Å². The molecular weight excluding hydrogens is 350 g/mol. The lowest BCUT2D eigenvalue weighted by molar-refractivity contribution is 0.306. The third-order valence-corrected chi connectivity index (χ3v) is 5.32. The molecule has 26 heavy (non-hydrogen) atoms. The van der Waals surface area contributed by atoms with Crippen LogP contribution >= 0.6 is 0 Å². The lowest BCUT2D eigenvalue weighted by atomic mass is 10.2. The minimum atomic E-state index is -3.82. The van der Waals surface area contributed by atoms with E-state index in [1.807, 2.05) is 30.3 Å². The number of hydrogen-bond donors (Lipinski definition) is 2. The first-order chi connectivity index (χ1) is 12.4. The van der Waals surface area contributed by atoms with Crippen molar-refractivity contribution in [2.24, 2.45) is 0 Å². The van der Waals surface area contributed by atoms with Crippen LogP contribution in [0.5, 0.6) is 11.5 Å². The van der Waals surface area contributed by atoms with Crippen LogP contribution in [-0.2, 0) is 16.6 Å². The van der Waals surface area contributed by atoms with E-state index in [1.54, 1.807) is 37.3 Å². The van der Waals surface area contributed by atoms with Gasteiger partial charge in [0.15, 0.2) is 0 Å². The zero-order chi connectivity index (χ0) is 18.6. The molecular formula is C20H19NO4S. The van der Waals surface area contributed by atoms with Crippen LogP contribution in [0.2, 0.25) is 0 Å². The highest BCUT2D eigenvalue weighted by molar-refractivity contribution is 7.92. The summed E-state index contributed by atoms with van der Waals surface area (Å²) in [5.41, 5.74) is 1.96. The molecule has 0 radical (unpaired) electrons. The molecule has 2 N–H and O–H groups in total. The van der Waals surface area contributed by atoms with E-state index >= 15 is 0 Å². The Morgan fingerprint density at radius 1 is 0.962 bits per heavy atom. The highest BCUT2D eigenvalue weighted by Crippen LogP contribution is 2.25. The number of phenolic OH excluding ortho intramolecular Hbond substituents is 1. The molecule has 0 fully saturated rings. The average Bonchev–Trinajstić information content (AvgIpc) is 2.63. The van der Waals surface area contributed by atoms with Crippen molar-refractivity contribution in [3.8, 4) is 11.5 Å². The summed E-state index contributed by atoms with van der Waals surface area (Å²) in [5.74, 6) is 0.456. The molecule has 3 aromatic rings. The SMILES string of the molecule is Cc1ccc(O)cc1S(=O)(=O)Nc1cccc(OCc2ccccc2)c1. The molecule has 6 heteroatoms. The Hall–Kier alpha value is -2.99. The van der Waals surface area contributed by atoms with E-state index in [0.29, 0.717) is 23.6 Å². The molecule has 0 heterocycles. The van der Waals surface area contributed by atoms with Crippen molar-refractivity contribution < 1.29 is 18.3 Å². The van der Waals surface area contributed by atoms with Crippen LogP contribution in [0.25, 0.3) is 0 Å². The van der Waals surface area contributed by atoms with Gasteiger partial charge < -0.3 is 9.84 Å². The first-order valence-corrected chi connectivity index (χ1v) is 9.51. The Bertz CT molecular complexity index is 1000. The minimum absolute atomic E-state index is 0.0353. The molecule has 134 valence electrons. The lowest BCUT2D eigenvalue weighted by Crippen LogP contribution is -2.14. The quantitative estimate of drug-likeness (QED) is 0.686. The van der Waals surface area contributed by atoms with Gasteiger partial charge in [-0.05, 0) is 36.2 Å². The Balaban J connectivity index is 1.76. The van der Waals surface area contributed by atoms with E-state index < -0.39 is 10.0 Å².